The minimum atomic E-state index is -0.161. The molecule has 0 spiro atoms. The molecular formula is C34H31N7O4. The summed E-state index contributed by atoms with van der Waals surface area (Å²) in [4.78, 5) is 53.8. The lowest BCUT2D eigenvalue weighted by Gasteiger charge is -2.35. The molecule has 45 heavy (non-hydrogen) atoms. The first-order valence-corrected chi connectivity index (χ1v) is 14.5. The summed E-state index contributed by atoms with van der Waals surface area (Å²) in [5.41, 5.74) is 11.6. The minimum absolute atomic E-state index is 0.0994. The number of carbonyl (C=O) groups is 3. The van der Waals surface area contributed by atoms with Crippen LogP contribution in [0.15, 0.2) is 79.0 Å². The molecule has 3 N–H and O–H groups in total. The Kier molecular flexibility index (Phi) is 8.17. The van der Waals surface area contributed by atoms with Gasteiger partial charge < -0.3 is 15.7 Å². The van der Waals surface area contributed by atoms with Crippen molar-refractivity contribution in [2.45, 2.75) is 13.5 Å². The van der Waals surface area contributed by atoms with Gasteiger partial charge in [0.2, 0.25) is 0 Å². The first-order valence-electron chi connectivity index (χ1n) is 14.5. The smallest absolute Gasteiger partial charge is 0.253 e. The van der Waals surface area contributed by atoms with E-state index in [9.17, 15) is 19.5 Å². The number of nitrogens with two attached hydrogens (primary N) is 1. The van der Waals surface area contributed by atoms with Gasteiger partial charge in [0.25, 0.3) is 5.91 Å². The number of pyridine rings is 2. The highest BCUT2D eigenvalue weighted by Gasteiger charge is 2.23. The first kappa shape index (κ1) is 29.4. The van der Waals surface area contributed by atoms with E-state index in [1.165, 1.54) is 18.2 Å². The number of rotatable bonds is 8. The molecule has 11 nitrogen and oxygen atoms in total. The van der Waals surface area contributed by atoms with Gasteiger partial charge in [0, 0.05) is 55.7 Å². The number of aromatic hydroxyl groups is 1. The van der Waals surface area contributed by atoms with Gasteiger partial charge in [-0.2, -0.15) is 0 Å². The number of hydrogen-bond donors (Lipinski definition) is 2. The van der Waals surface area contributed by atoms with Gasteiger partial charge in [0.05, 0.1) is 16.8 Å². The maximum absolute atomic E-state index is 13.0. The SMILES string of the molecule is C/C=C(\C=O)c1ccc2nc(-c3cccnc3N)n(-c3ccc(CN4CCN(C(=O)c5ccc(O)c(C=O)c5)CC4)cc3)c2n1. The Morgan fingerprint density at radius 2 is 1.76 bits per heavy atom. The minimum Gasteiger partial charge on any atom is -0.507 e. The number of nitrogens with zero attached hydrogens (tertiary/aromatic N) is 6. The Morgan fingerprint density at radius 3 is 2.44 bits per heavy atom. The van der Waals surface area contributed by atoms with Crippen molar-refractivity contribution >= 4 is 41.0 Å². The molecule has 0 radical (unpaired) electrons. The summed E-state index contributed by atoms with van der Waals surface area (Å²) in [5, 5.41) is 9.75. The van der Waals surface area contributed by atoms with Crippen LogP contribution in [0.25, 0.3) is 33.8 Å². The molecule has 0 unspecified atom stereocenters. The van der Waals surface area contributed by atoms with Crippen molar-refractivity contribution in [3.05, 3.63) is 101 Å². The molecule has 0 aliphatic carbocycles. The zero-order chi connectivity index (χ0) is 31.5. The third kappa shape index (κ3) is 5.80. The van der Waals surface area contributed by atoms with Crippen molar-refractivity contribution in [1.29, 1.82) is 0 Å². The first-order chi connectivity index (χ1) is 21.9. The number of imidazole rings is 1. The number of phenolic OH excluding ortho intramolecular Hbond substituents is 1. The van der Waals surface area contributed by atoms with E-state index in [0.29, 0.717) is 84.2 Å². The zero-order valence-corrected chi connectivity index (χ0v) is 24.6. The second-order valence-corrected chi connectivity index (χ2v) is 10.7. The predicted octanol–water partition coefficient (Wildman–Crippen LogP) is 4.14. The largest absolute Gasteiger partial charge is 0.507 e. The van der Waals surface area contributed by atoms with E-state index < -0.39 is 0 Å². The van der Waals surface area contributed by atoms with Crippen molar-refractivity contribution in [3.8, 4) is 22.8 Å². The number of piperazine rings is 1. The Morgan fingerprint density at radius 1 is 0.978 bits per heavy atom. The fraction of sp³-hybridized carbons (Fsp3) is 0.176. The molecule has 1 aliphatic rings. The number of hydrogen-bond acceptors (Lipinski definition) is 9. The van der Waals surface area contributed by atoms with Crippen LogP contribution in [0.4, 0.5) is 5.82 Å². The maximum Gasteiger partial charge on any atom is 0.253 e. The van der Waals surface area contributed by atoms with Gasteiger partial charge in [-0.1, -0.05) is 18.2 Å². The van der Waals surface area contributed by atoms with Gasteiger partial charge in [-0.05, 0) is 67.1 Å². The highest BCUT2D eigenvalue weighted by Crippen LogP contribution is 2.31. The molecule has 0 bridgehead atoms. The molecule has 11 heteroatoms. The number of fused-ring (bicyclic) bond motifs is 1. The quantitative estimate of drug-likeness (QED) is 0.198. The molecule has 2 aromatic carbocycles. The van der Waals surface area contributed by atoms with Gasteiger partial charge in [-0.15, -0.1) is 0 Å². The molecule has 5 aromatic rings. The second-order valence-electron chi connectivity index (χ2n) is 10.7. The molecule has 0 atom stereocenters. The lowest BCUT2D eigenvalue weighted by molar-refractivity contribution is -0.103. The van der Waals surface area contributed by atoms with Crippen molar-refractivity contribution < 1.29 is 19.5 Å². The topological polar surface area (TPSA) is 148 Å². The van der Waals surface area contributed by atoms with Gasteiger partial charge in [-0.25, -0.2) is 15.0 Å². The van der Waals surface area contributed by atoms with E-state index >= 15 is 0 Å². The fourth-order valence-corrected chi connectivity index (χ4v) is 5.51. The van der Waals surface area contributed by atoms with Crippen molar-refractivity contribution in [2.24, 2.45) is 0 Å². The Labute approximate surface area is 259 Å². The van der Waals surface area contributed by atoms with Crippen LogP contribution in [-0.4, -0.2) is 79.1 Å². The molecule has 1 amide bonds. The number of carbonyl (C=O) groups excluding carboxylic acids is 3. The lowest BCUT2D eigenvalue weighted by atomic mass is 10.1. The van der Waals surface area contributed by atoms with E-state index in [1.807, 2.05) is 34.9 Å². The highest BCUT2D eigenvalue weighted by atomic mass is 16.3. The summed E-state index contributed by atoms with van der Waals surface area (Å²) in [6.07, 6.45) is 4.69. The molecule has 226 valence electrons. The zero-order valence-electron chi connectivity index (χ0n) is 24.6. The van der Waals surface area contributed by atoms with Gasteiger partial charge in [-0.3, -0.25) is 23.9 Å². The number of amides is 1. The normalized spacial score (nSPS) is 14.1. The van der Waals surface area contributed by atoms with Crippen molar-refractivity contribution in [2.75, 3.05) is 31.9 Å². The number of benzene rings is 2. The molecule has 1 saturated heterocycles. The number of phenols is 1. The maximum atomic E-state index is 13.0. The Bertz CT molecular complexity index is 1940. The average Bonchev–Trinajstić information content (AvgIpc) is 3.45. The third-order valence-electron chi connectivity index (χ3n) is 7.98. The van der Waals surface area contributed by atoms with Crippen LogP contribution in [-0.2, 0) is 11.3 Å². The summed E-state index contributed by atoms with van der Waals surface area (Å²) in [7, 11) is 0. The molecule has 1 fully saturated rings. The molecular weight excluding hydrogens is 570 g/mol. The Balaban J connectivity index is 1.23. The van der Waals surface area contributed by atoms with Gasteiger partial charge in [0.15, 0.2) is 24.0 Å². The van der Waals surface area contributed by atoms with Crippen LogP contribution >= 0.6 is 0 Å². The highest BCUT2D eigenvalue weighted by molar-refractivity contribution is 6.06. The summed E-state index contributed by atoms with van der Waals surface area (Å²) in [5.74, 6) is 0.639. The van der Waals surface area contributed by atoms with E-state index in [-0.39, 0.29) is 17.2 Å². The standard InChI is InChI=1S/C34H31N7O4/c1-2-23(20-42)28-10-11-29-33(37-28)41(32(38-29)27-4-3-13-36-31(27)35)26-8-5-22(6-9-26)19-39-14-16-40(17-15-39)34(45)24-7-12-30(44)25(18-24)21-43/h2-13,18,20-21,44H,14-17,19H2,1H3,(H2,35,36)/b23-2+. The number of aldehydes is 2. The summed E-state index contributed by atoms with van der Waals surface area (Å²) in [6, 6.07) is 19.8. The van der Waals surface area contributed by atoms with Crippen LogP contribution in [0, 0.1) is 0 Å². The average molecular weight is 602 g/mol. The lowest BCUT2D eigenvalue weighted by Crippen LogP contribution is -2.48. The van der Waals surface area contributed by atoms with E-state index in [0.717, 1.165) is 17.5 Å². The van der Waals surface area contributed by atoms with E-state index in [2.05, 4.69) is 22.0 Å². The summed E-state index contributed by atoms with van der Waals surface area (Å²) >= 11 is 0. The Hall–Kier alpha value is -5.68. The number of allylic oxidation sites excluding steroid dienone is 2. The van der Waals surface area contributed by atoms with E-state index in [1.54, 1.807) is 30.2 Å². The fourth-order valence-electron chi connectivity index (χ4n) is 5.51. The van der Waals surface area contributed by atoms with Gasteiger partial charge >= 0.3 is 0 Å². The molecule has 0 saturated carbocycles. The van der Waals surface area contributed by atoms with Crippen molar-refractivity contribution in [1.82, 2.24) is 29.3 Å². The van der Waals surface area contributed by atoms with Crippen LogP contribution in [0.1, 0.15) is 38.9 Å². The van der Waals surface area contributed by atoms with Crippen LogP contribution in [0.3, 0.4) is 0 Å². The molecule has 6 rings (SSSR count). The van der Waals surface area contributed by atoms with Crippen LogP contribution in [0.5, 0.6) is 5.75 Å². The third-order valence-corrected chi connectivity index (χ3v) is 7.98. The number of aromatic nitrogens is 4. The molecule has 3 aromatic heterocycles. The second kappa shape index (κ2) is 12.5. The predicted molar refractivity (Wildman–Crippen MR) is 171 cm³/mol. The molecule has 4 heterocycles. The van der Waals surface area contributed by atoms with Crippen LogP contribution in [0.2, 0.25) is 0 Å². The van der Waals surface area contributed by atoms with E-state index in [4.69, 9.17) is 15.7 Å². The van der Waals surface area contributed by atoms with Gasteiger partial charge in [0.1, 0.15) is 17.1 Å². The van der Waals surface area contributed by atoms with Crippen molar-refractivity contribution in [3.63, 3.8) is 0 Å². The summed E-state index contributed by atoms with van der Waals surface area (Å²) < 4.78 is 1.93. The summed E-state index contributed by atoms with van der Waals surface area (Å²) in [6.45, 7) is 4.99. The number of anilines is 1. The van der Waals surface area contributed by atoms with Crippen LogP contribution < -0.4 is 5.73 Å². The monoisotopic (exact) mass is 601 g/mol. The molecule has 1 aliphatic heterocycles. The number of nitrogen functional groups attached to an aromatic ring is 1.